The van der Waals surface area contributed by atoms with Crippen LogP contribution in [0.5, 0.6) is 5.75 Å². The van der Waals surface area contributed by atoms with Crippen LogP contribution in [-0.4, -0.2) is 39.6 Å². The number of ether oxygens (including phenoxy) is 2. The Morgan fingerprint density at radius 1 is 1.17 bits per heavy atom. The molecule has 0 aliphatic carbocycles. The van der Waals surface area contributed by atoms with Gasteiger partial charge < -0.3 is 13.9 Å². The summed E-state index contributed by atoms with van der Waals surface area (Å²) in [6.07, 6.45) is 3.52. The van der Waals surface area contributed by atoms with Crippen molar-refractivity contribution in [1.82, 2.24) is 14.3 Å². The third kappa shape index (κ3) is 3.79. The first-order valence-electron chi connectivity index (χ1n) is 9.98. The van der Waals surface area contributed by atoms with Gasteiger partial charge in [0.25, 0.3) is 0 Å². The van der Waals surface area contributed by atoms with Gasteiger partial charge in [-0.05, 0) is 57.9 Å². The number of carbonyl (C=O) groups is 1. The van der Waals surface area contributed by atoms with Gasteiger partial charge in [-0.1, -0.05) is 18.2 Å². The normalized spacial score (nSPS) is 17.0. The van der Waals surface area contributed by atoms with Crippen molar-refractivity contribution in [2.24, 2.45) is 0 Å². The van der Waals surface area contributed by atoms with Crippen LogP contribution < -0.4 is 4.74 Å². The number of hydrogen-bond acceptors (Lipinski definition) is 4. The van der Waals surface area contributed by atoms with Crippen molar-refractivity contribution in [2.75, 3.05) is 13.7 Å². The minimum absolute atomic E-state index is 0.112. The van der Waals surface area contributed by atoms with E-state index in [0.29, 0.717) is 6.54 Å². The molecule has 6 heteroatoms. The lowest BCUT2D eigenvalue weighted by atomic mass is 10.1. The molecule has 1 atom stereocenters. The van der Waals surface area contributed by atoms with E-state index in [2.05, 4.69) is 10.5 Å². The predicted molar refractivity (Wildman–Crippen MR) is 112 cm³/mol. The summed E-state index contributed by atoms with van der Waals surface area (Å²) < 4.78 is 13.1. The Balaban J connectivity index is 1.77. The fourth-order valence-corrected chi connectivity index (χ4v) is 3.85. The highest BCUT2D eigenvalue weighted by Gasteiger charge is 2.36. The van der Waals surface area contributed by atoms with Crippen molar-refractivity contribution >= 4 is 11.6 Å². The van der Waals surface area contributed by atoms with E-state index < -0.39 is 5.60 Å². The number of amides is 1. The molecule has 152 valence electrons. The number of nitrogens with zero attached hydrogens (tertiary/aromatic N) is 3. The summed E-state index contributed by atoms with van der Waals surface area (Å²) in [5.41, 5.74) is 2.36. The van der Waals surface area contributed by atoms with E-state index in [1.165, 1.54) is 0 Å². The molecule has 1 aliphatic heterocycles. The molecule has 29 heavy (non-hydrogen) atoms. The summed E-state index contributed by atoms with van der Waals surface area (Å²) in [5.74, 6) is 1.65. The lowest BCUT2D eigenvalue weighted by molar-refractivity contribution is 0.0218. The second-order valence-electron chi connectivity index (χ2n) is 8.34. The number of rotatable bonds is 3. The molecule has 6 nitrogen and oxygen atoms in total. The summed E-state index contributed by atoms with van der Waals surface area (Å²) in [4.78, 5) is 19.6. The smallest absolute Gasteiger partial charge is 0.410 e. The summed E-state index contributed by atoms with van der Waals surface area (Å²) in [7, 11) is 1.66. The van der Waals surface area contributed by atoms with Crippen LogP contribution in [0.3, 0.4) is 0 Å². The zero-order chi connectivity index (χ0) is 20.6. The van der Waals surface area contributed by atoms with Gasteiger partial charge in [0.05, 0.1) is 24.4 Å². The van der Waals surface area contributed by atoms with E-state index in [-0.39, 0.29) is 12.1 Å². The maximum absolute atomic E-state index is 12.8. The minimum Gasteiger partial charge on any atom is -0.497 e. The van der Waals surface area contributed by atoms with Gasteiger partial charge in [-0.25, -0.2) is 9.78 Å². The number of pyridine rings is 1. The van der Waals surface area contributed by atoms with E-state index in [9.17, 15) is 4.79 Å². The molecule has 3 heterocycles. The number of fused-ring (bicyclic) bond motifs is 1. The van der Waals surface area contributed by atoms with Crippen LogP contribution in [0.2, 0.25) is 0 Å². The Morgan fingerprint density at radius 2 is 2.00 bits per heavy atom. The van der Waals surface area contributed by atoms with Crippen LogP contribution in [0.25, 0.3) is 16.8 Å². The first-order chi connectivity index (χ1) is 13.9. The van der Waals surface area contributed by atoms with E-state index in [4.69, 9.17) is 14.5 Å². The highest BCUT2D eigenvalue weighted by molar-refractivity contribution is 5.78. The number of hydrogen-bond donors (Lipinski definition) is 0. The molecule has 0 bridgehead atoms. The summed E-state index contributed by atoms with van der Waals surface area (Å²) in [5, 5.41) is 0. The number of aromatic nitrogens is 2. The van der Waals surface area contributed by atoms with Gasteiger partial charge in [-0.3, -0.25) is 4.90 Å². The number of imidazole rings is 1. The lowest BCUT2D eigenvalue weighted by Crippen LogP contribution is -2.36. The molecule has 4 rings (SSSR count). The van der Waals surface area contributed by atoms with Gasteiger partial charge in [-0.2, -0.15) is 0 Å². The molecule has 0 saturated carbocycles. The standard InChI is InChI=1S/C23H27N3O3/c1-23(2,3)29-22(27)26-14-8-12-19(26)21-24-20(18-11-5-6-13-25(18)21)16-9-7-10-17(15-16)28-4/h5-7,9-11,13,15,19H,8,12,14H2,1-4H3. The van der Waals surface area contributed by atoms with E-state index >= 15 is 0 Å². The molecule has 1 unspecified atom stereocenters. The Kier molecular flexibility index (Phi) is 4.94. The molecule has 1 aliphatic rings. The fraction of sp³-hybridized carbons (Fsp3) is 0.391. The molecule has 1 fully saturated rings. The van der Waals surface area contributed by atoms with Crippen molar-refractivity contribution < 1.29 is 14.3 Å². The van der Waals surface area contributed by atoms with Crippen LogP contribution in [0.4, 0.5) is 4.79 Å². The Bertz CT molecular complexity index is 1040. The largest absolute Gasteiger partial charge is 0.497 e. The SMILES string of the molecule is COc1cccc(-c2nc(C3CCCN3C(=O)OC(C)(C)C)n3ccccc23)c1. The van der Waals surface area contributed by atoms with Crippen LogP contribution in [0, 0.1) is 0 Å². The molecule has 0 radical (unpaired) electrons. The Hall–Kier alpha value is -3.02. The van der Waals surface area contributed by atoms with Crippen LogP contribution >= 0.6 is 0 Å². The number of likely N-dealkylation sites (tertiary alicyclic amines) is 1. The first kappa shape index (κ1) is 19.3. The quantitative estimate of drug-likeness (QED) is 0.622. The monoisotopic (exact) mass is 393 g/mol. The van der Waals surface area contributed by atoms with Gasteiger partial charge in [0.15, 0.2) is 0 Å². The van der Waals surface area contributed by atoms with E-state index in [0.717, 1.165) is 41.2 Å². The molecule has 2 aromatic heterocycles. The van der Waals surface area contributed by atoms with Crippen molar-refractivity contribution in [1.29, 1.82) is 0 Å². The van der Waals surface area contributed by atoms with Gasteiger partial charge in [-0.15, -0.1) is 0 Å². The van der Waals surface area contributed by atoms with Crippen LogP contribution in [0.1, 0.15) is 45.5 Å². The number of methoxy groups -OCH3 is 1. The average Bonchev–Trinajstić information content (AvgIpc) is 3.31. The van der Waals surface area contributed by atoms with Gasteiger partial charge in [0, 0.05) is 18.3 Å². The second-order valence-corrected chi connectivity index (χ2v) is 8.34. The summed E-state index contributed by atoms with van der Waals surface area (Å²) in [6.45, 7) is 6.35. The molecular weight excluding hydrogens is 366 g/mol. The Labute approximate surface area is 171 Å². The maximum Gasteiger partial charge on any atom is 0.410 e. The third-order valence-electron chi connectivity index (χ3n) is 5.10. The fourth-order valence-electron chi connectivity index (χ4n) is 3.85. The van der Waals surface area contributed by atoms with Crippen molar-refractivity contribution in [3.8, 4) is 17.0 Å². The van der Waals surface area contributed by atoms with Crippen molar-refractivity contribution in [2.45, 2.75) is 45.3 Å². The highest BCUT2D eigenvalue weighted by atomic mass is 16.6. The maximum atomic E-state index is 12.8. The zero-order valence-electron chi connectivity index (χ0n) is 17.4. The lowest BCUT2D eigenvalue weighted by Gasteiger charge is -2.28. The predicted octanol–water partition coefficient (Wildman–Crippen LogP) is 5.08. The topological polar surface area (TPSA) is 56.1 Å². The Morgan fingerprint density at radius 3 is 2.76 bits per heavy atom. The molecule has 1 aromatic carbocycles. The number of benzene rings is 1. The van der Waals surface area contributed by atoms with Gasteiger partial charge in [0.2, 0.25) is 0 Å². The second kappa shape index (κ2) is 7.43. The highest BCUT2D eigenvalue weighted by Crippen LogP contribution is 2.36. The number of carbonyl (C=O) groups excluding carboxylic acids is 1. The van der Waals surface area contributed by atoms with Crippen molar-refractivity contribution in [3.05, 3.63) is 54.5 Å². The molecule has 3 aromatic rings. The molecule has 0 N–H and O–H groups in total. The van der Waals surface area contributed by atoms with Gasteiger partial charge in [0.1, 0.15) is 17.2 Å². The molecule has 0 spiro atoms. The van der Waals surface area contributed by atoms with Crippen LogP contribution in [-0.2, 0) is 4.74 Å². The molecular formula is C23H27N3O3. The molecule has 1 amide bonds. The van der Waals surface area contributed by atoms with E-state index in [1.807, 2.05) is 68.3 Å². The summed E-state index contributed by atoms with van der Waals surface area (Å²) >= 11 is 0. The molecule has 1 saturated heterocycles. The summed E-state index contributed by atoms with van der Waals surface area (Å²) in [6, 6.07) is 13.8. The van der Waals surface area contributed by atoms with Gasteiger partial charge >= 0.3 is 6.09 Å². The third-order valence-corrected chi connectivity index (χ3v) is 5.10. The van der Waals surface area contributed by atoms with E-state index in [1.54, 1.807) is 7.11 Å². The average molecular weight is 393 g/mol. The van der Waals surface area contributed by atoms with Crippen LogP contribution in [0.15, 0.2) is 48.7 Å². The zero-order valence-corrected chi connectivity index (χ0v) is 17.4. The first-order valence-corrected chi connectivity index (χ1v) is 9.98. The van der Waals surface area contributed by atoms with Crippen molar-refractivity contribution in [3.63, 3.8) is 0 Å². The minimum atomic E-state index is -0.523.